The molecule has 0 bridgehead atoms. The van der Waals surface area contributed by atoms with E-state index in [0.717, 1.165) is 52.2 Å². The van der Waals surface area contributed by atoms with Crippen LogP contribution in [0.4, 0.5) is 0 Å². The van der Waals surface area contributed by atoms with Crippen LogP contribution in [0.15, 0.2) is 0 Å². The Bertz CT molecular complexity index is 249. The Morgan fingerprint density at radius 1 is 0.840 bits per heavy atom. The minimum absolute atomic E-state index is 0. The molecule has 25 heavy (non-hydrogen) atoms. The zero-order valence-corrected chi connectivity index (χ0v) is 31.8. The van der Waals surface area contributed by atoms with Crippen molar-refractivity contribution in [1.82, 2.24) is 9.80 Å². The molecule has 0 atom stereocenters. The van der Waals surface area contributed by atoms with Crippen molar-refractivity contribution in [2.75, 3.05) is 46.1 Å². The minimum Gasteiger partial charge on any atom is -1.00 e. The van der Waals surface area contributed by atoms with Gasteiger partial charge in [-0.3, -0.25) is 9.80 Å². The molecule has 0 saturated carbocycles. The Labute approximate surface area is 361 Å². The van der Waals surface area contributed by atoms with Gasteiger partial charge in [0.15, 0.2) is 0 Å². The number of rotatable bonds is 4. The molecule has 2 saturated heterocycles. The van der Waals surface area contributed by atoms with Crippen LogP contribution >= 0.6 is 0 Å². The third-order valence-corrected chi connectivity index (χ3v) is 3.51. The van der Waals surface area contributed by atoms with Crippen molar-refractivity contribution in [2.45, 2.75) is 18.9 Å². The first kappa shape index (κ1) is 49.8. The van der Waals surface area contributed by atoms with Crippen LogP contribution in [0.2, 0.25) is 0 Å². The minimum atomic E-state index is -2.16. The van der Waals surface area contributed by atoms with Crippen LogP contribution in [-0.4, -0.2) is 69.3 Å². The van der Waals surface area contributed by atoms with Crippen molar-refractivity contribution in [2.24, 2.45) is 0 Å². The number of ether oxygens (including phenoxy) is 1. The number of hydrogen-bond acceptors (Lipinski definition) is 6. The van der Waals surface area contributed by atoms with Gasteiger partial charge < -0.3 is 33.6 Å². The van der Waals surface area contributed by atoms with Crippen molar-refractivity contribution in [3.63, 3.8) is 0 Å². The van der Waals surface area contributed by atoms with Crippen LogP contribution in [0.3, 0.4) is 0 Å². The molecule has 2 rings (SSSR count). The van der Waals surface area contributed by atoms with Gasteiger partial charge in [0.25, 0.3) is 0 Å². The first-order valence-corrected chi connectivity index (χ1v) is 6.23. The smallest absolute Gasteiger partial charge is 1.00 e. The molecule has 0 aliphatic carbocycles. The summed E-state index contributed by atoms with van der Waals surface area (Å²) >= 11 is 0. The van der Waals surface area contributed by atoms with Crippen LogP contribution in [0.1, 0.15) is 12.8 Å². The van der Waals surface area contributed by atoms with Gasteiger partial charge in [-0.05, 0) is 12.8 Å². The molecule has 122 valence electrons. The first-order chi connectivity index (χ1) is 8.25. The molecule has 0 amide bonds. The van der Waals surface area contributed by atoms with Crippen molar-refractivity contribution < 1.29 is 290 Å². The average molecular weight is 495 g/mol. The maximum absolute atomic E-state index is 10.3. The second-order valence-corrected chi connectivity index (χ2v) is 4.58. The van der Waals surface area contributed by atoms with Crippen LogP contribution < -0.4 is 281 Å². The summed E-state index contributed by atoms with van der Waals surface area (Å²) in [4.78, 5) is 4.51. The molecule has 0 N–H and O–H groups in total. The molecule has 0 aromatic carbocycles. The molecular weight excluding hydrogens is 475 g/mol. The summed E-state index contributed by atoms with van der Waals surface area (Å²) in [5.41, 5.74) is 0. The molecule has 0 spiro atoms. The monoisotopic (exact) mass is 494 g/mol. The molecule has 0 radical (unpaired) electrons. The summed E-state index contributed by atoms with van der Waals surface area (Å²) in [6, 6.07) is 0.616. The van der Waals surface area contributed by atoms with Gasteiger partial charge >= 0.3 is 257 Å². The van der Waals surface area contributed by atoms with Crippen LogP contribution in [0.5, 0.6) is 0 Å². The van der Waals surface area contributed by atoms with Gasteiger partial charge in [0.1, 0.15) is 0 Å². The number of hydrogen-bond donors (Lipinski definition) is 0. The summed E-state index contributed by atoms with van der Waals surface area (Å²) in [7, 11) is -2.16. The van der Waals surface area contributed by atoms with E-state index in [9.17, 15) is 10.0 Å². The van der Waals surface area contributed by atoms with Gasteiger partial charge in [0, 0.05) is 32.2 Å². The molecule has 15 heteroatoms. The molecule has 6 nitrogen and oxygen atoms in total. The van der Waals surface area contributed by atoms with Crippen molar-refractivity contribution in [3.8, 4) is 0 Å². The van der Waals surface area contributed by atoms with Gasteiger partial charge in [-0.2, -0.15) is 0 Å². The van der Waals surface area contributed by atoms with E-state index >= 15 is 0 Å². The second-order valence-electron chi connectivity index (χ2n) is 4.58. The molecular formula is C10H19BF3K5N2O4. The zero-order valence-electron chi connectivity index (χ0n) is 16.2. The van der Waals surface area contributed by atoms with E-state index in [0.29, 0.717) is 6.04 Å². The quantitative estimate of drug-likeness (QED) is 0.362. The number of likely N-dealkylation sites (tertiary alicyclic amines) is 1. The van der Waals surface area contributed by atoms with Crippen LogP contribution in [0.25, 0.3) is 0 Å². The molecule has 0 unspecified atom stereocenters. The Morgan fingerprint density at radius 3 is 1.68 bits per heavy atom. The normalized spacial score (nSPS) is 17.0. The molecule has 2 aliphatic heterocycles. The number of piperidine rings is 1. The fourth-order valence-corrected chi connectivity index (χ4v) is 2.52. The Balaban J connectivity index is -0.0000000810. The summed E-state index contributed by atoms with van der Waals surface area (Å²) < 4.78 is 9.88. The fourth-order valence-electron chi connectivity index (χ4n) is 2.52. The molecule has 0 aromatic rings. The average Bonchev–Trinajstić information content (AvgIpc) is 2.38. The Morgan fingerprint density at radius 2 is 1.28 bits per heavy atom. The van der Waals surface area contributed by atoms with E-state index in [2.05, 4.69) is 9.55 Å². The van der Waals surface area contributed by atoms with E-state index in [4.69, 9.17) is 4.74 Å². The summed E-state index contributed by atoms with van der Waals surface area (Å²) in [5.74, 6) is 0. The molecule has 2 fully saturated rings. The summed E-state index contributed by atoms with van der Waals surface area (Å²) in [5, 5.41) is 20.5. The van der Waals surface area contributed by atoms with Crippen LogP contribution in [0, 0.1) is 0 Å². The Hall–Kier alpha value is 7.80. The largest absolute Gasteiger partial charge is 1.00 e. The van der Waals surface area contributed by atoms with Gasteiger partial charge in [-0.25, -0.2) is 0 Å². The standard InChI is InChI=1S/C10H19BN2O4.3FH.5K/c14-11(15)17-9-12-3-1-10(2-4-12)13-5-7-16-8-6-13;;;;;;;;/h10H,1-9H2;3*1H;;;;;/q-2;;;;5*+1/p-3. The van der Waals surface area contributed by atoms with E-state index in [1.165, 1.54) is 0 Å². The summed E-state index contributed by atoms with van der Waals surface area (Å²) in [6.45, 7) is 5.67. The van der Waals surface area contributed by atoms with E-state index in [1.807, 2.05) is 4.90 Å². The van der Waals surface area contributed by atoms with Gasteiger partial charge in [0.2, 0.25) is 0 Å². The third kappa shape index (κ3) is 23.3. The predicted molar refractivity (Wildman–Crippen MR) is 58.7 cm³/mol. The topological polar surface area (TPSA) is 71.1 Å². The second kappa shape index (κ2) is 31.8. The number of nitrogens with zero attached hydrogens (tertiary/aromatic N) is 2. The molecule has 2 heterocycles. The van der Waals surface area contributed by atoms with Crippen molar-refractivity contribution in [3.05, 3.63) is 0 Å². The third-order valence-electron chi connectivity index (χ3n) is 3.51. The van der Waals surface area contributed by atoms with Gasteiger partial charge in [-0.1, -0.05) is 0 Å². The maximum Gasteiger partial charge on any atom is 1.00 e. The van der Waals surface area contributed by atoms with Crippen molar-refractivity contribution in [1.29, 1.82) is 0 Å². The Kier molecular flexibility index (Phi) is 63.4. The number of halogens is 3. The molecule has 2 aliphatic rings. The van der Waals surface area contributed by atoms with Crippen molar-refractivity contribution >= 4 is 7.32 Å². The van der Waals surface area contributed by atoms with E-state index < -0.39 is 7.32 Å². The van der Waals surface area contributed by atoms with E-state index in [1.54, 1.807) is 0 Å². The molecule has 0 aromatic heterocycles. The van der Waals surface area contributed by atoms with Gasteiger partial charge in [0.05, 0.1) is 27.3 Å². The van der Waals surface area contributed by atoms with E-state index in [-0.39, 0.29) is 278 Å². The first-order valence-electron chi connectivity index (χ1n) is 6.23. The predicted octanol–water partition coefficient (Wildman–Crippen LogP) is -26.5. The van der Waals surface area contributed by atoms with Gasteiger partial charge in [-0.15, -0.1) is 0 Å². The maximum atomic E-state index is 10.3. The number of morpholine rings is 1. The van der Waals surface area contributed by atoms with Crippen LogP contribution in [-0.2, 0) is 9.39 Å². The summed E-state index contributed by atoms with van der Waals surface area (Å²) in [6.07, 6.45) is 2.15. The fraction of sp³-hybridized carbons (Fsp3) is 1.00. The zero-order chi connectivity index (χ0) is 12.1. The SMILES string of the molecule is [F-].[F-].[F-].[K+].[K+].[K+].[K+].[K+].[O-]B([O-])OCN1CCC(N2CCOCC2)CC1.